The van der Waals surface area contributed by atoms with Crippen molar-refractivity contribution in [2.24, 2.45) is 0 Å². The number of benzene rings is 2. The van der Waals surface area contributed by atoms with Crippen LogP contribution >= 0.6 is 0 Å². The lowest BCUT2D eigenvalue weighted by molar-refractivity contribution is 0.192. The number of carbonyl (C=O) groups is 1. The van der Waals surface area contributed by atoms with Crippen molar-refractivity contribution in [2.45, 2.75) is 39.3 Å². The number of hydrogen-bond donors (Lipinski definition) is 2. The molecule has 3 aromatic rings. The Bertz CT molecular complexity index is 1060. The highest BCUT2D eigenvalue weighted by Crippen LogP contribution is 2.18. The highest BCUT2D eigenvalue weighted by atomic mass is 16.2. The van der Waals surface area contributed by atoms with Crippen molar-refractivity contribution in [3.05, 3.63) is 78.4 Å². The van der Waals surface area contributed by atoms with E-state index in [1.54, 1.807) is 0 Å². The summed E-state index contributed by atoms with van der Waals surface area (Å²) in [5.41, 5.74) is 3.20. The normalized spacial score (nSPS) is 15.4. The van der Waals surface area contributed by atoms with E-state index in [1.165, 1.54) is 5.69 Å². The van der Waals surface area contributed by atoms with Gasteiger partial charge in [0.1, 0.15) is 5.82 Å². The van der Waals surface area contributed by atoms with Crippen molar-refractivity contribution >= 4 is 17.4 Å². The molecule has 2 amide bonds. The summed E-state index contributed by atoms with van der Waals surface area (Å²) in [4.78, 5) is 21.9. The Morgan fingerprint density at radius 1 is 1.00 bits per heavy atom. The molecule has 1 aromatic heterocycles. The molecule has 4 rings (SSSR count). The van der Waals surface area contributed by atoms with Crippen molar-refractivity contribution in [2.75, 3.05) is 42.9 Å². The minimum Gasteiger partial charge on any atom is -0.369 e. The third-order valence-corrected chi connectivity index (χ3v) is 6.42. The minimum absolute atomic E-state index is 0.169. The van der Waals surface area contributed by atoms with Crippen LogP contribution in [0.25, 0.3) is 0 Å². The molecule has 0 radical (unpaired) electrons. The lowest BCUT2D eigenvalue weighted by Gasteiger charge is -2.39. The van der Waals surface area contributed by atoms with Crippen molar-refractivity contribution in [3.8, 4) is 0 Å². The Labute approximate surface area is 202 Å². The predicted molar refractivity (Wildman–Crippen MR) is 139 cm³/mol. The molecule has 0 spiro atoms. The minimum atomic E-state index is -0.169. The molecule has 1 fully saturated rings. The molecule has 7 heteroatoms. The number of para-hydroxylation sites is 1. The molecule has 0 saturated carbocycles. The fourth-order valence-corrected chi connectivity index (χ4v) is 4.50. The predicted octanol–water partition coefficient (Wildman–Crippen LogP) is 4.39. The number of hydrogen-bond acceptors (Lipinski definition) is 4. The van der Waals surface area contributed by atoms with E-state index >= 15 is 0 Å². The van der Waals surface area contributed by atoms with Gasteiger partial charge >= 0.3 is 6.03 Å². The second-order valence-corrected chi connectivity index (χ2v) is 9.31. The van der Waals surface area contributed by atoms with E-state index in [4.69, 9.17) is 0 Å². The maximum absolute atomic E-state index is 12.5. The number of nitrogens with zero attached hydrogens (tertiary/aromatic N) is 4. The van der Waals surface area contributed by atoms with Crippen LogP contribution in [-0.2, 0) is 6.54 Å². The first-order valence-corrected chi connectivity index (χ1v) is 12.2. The second-order valence-electron chi connectivity index (χ2n) is 9.31. The second kappa shape index (κ2) is 11.2. The van der Waals surface area contributed by atoms with Crippen LogP contribution in [0.2, 0.25) is 0 Å². The third-order valence-electron chi connectivity index (χ3n) is 6.42. The van der Waals surface area contributed by atoms with E-state index in [2.05, 4.69) is 87.2 Å². The molecule has 2 heterocycles. The van der Waals surface area contributed by atoms with E-state index < -0.39 is 0 Å². The van der Waals surface area contributed by atoms with Gasteiger partial charge in [0, 0.05) is 75.0 Å². The van der Waals surface area contributed by atoms with Gasteiger partial charge < -0.3 is 20.1 Å². The molecule has 0 aliphatic carbocycles. The van der Waals surface area contributed by atoms with Gasteiger partial charge in [-0.15, -0.1) is 0 Å². The fraction of sp³-hybridized carbons (Fsp3) is 0.407. The van der Waals surface area contributed by atoms with Gasteiger partial charge in [-0.1, -0.05) is 44.2 Å². The van der Waals surface area contributed by atoms with Crippen LogP contribution in [0.15, 0.2) is 67.0 Å². The smallest absolute Gasteiger partial charge is 0.319 e. The summed E-state index contributed by atoms with van der Waals surface area (Å²) in [5, 5.41) is 6.02. The first kappa shape index (κ1) is 23.8. The number of anilines is 2. The number of rotatable bonds is 8. The Kier molecular flexibility index (Phi) is 7.85. The maximum Gasteiger partial charge on any atom is 0.319 e. The molecule has 1 unspecified atom stereocenters. The molecule has 1 aliphatic heterocycles. The molecular weight excluding hydrogens is 424 g/mol. The zero-order valence-electron chi connectivity index (χ0n) is 20.4. The van der Waals surface area contributed by atoms with Crippen LogP contribution in [0.5, 0.6) is 0 Å². The monoisotopic (exact) mass is 460 g/mol. The third kappa shape index (κ3) is 6.17. The topological polar surface area (TPSA) is 65.4 Å². The summed E-state index contributed by atoms with van der Waals surface area (Å²) < 4.78 is 2.16. The van der Waals surface area contributed by atoms with E-state index in [9.17, 15) is 4.79 Å². The van der Waals surface area contributed by atoms with Crippen LogP contribution in [0.4, 0.5) is 16.2 Å². The number of carbonyl (C=O) groups excluding carboxylic acids is 1. The van der Waals surface area contributed by atoms with E-state index in [0.29, 0.717) is 12.5 Å². The van der Waals surface area contributed by atoms with Gasteiger partial charge in [-0.2, -0.15) is 0 Å². The van der Waals surface area contributed by atoms with Gasteiger partial charge in [0.15, 0.2) is 0 Å². The largest absolute Gasteiger partial charge is 0.369 e. The van der Waals surface area contributed by atoms with Crippen molar-refractivity contribution in [1.29, 1.82) is 0 Å². The van der Waals surface area contributed by atoms with Gasteiger partial charge in [-0.3, -0.25) is 4.90 Å². The van der Waals surface area contributed by atoms with Crippen LogP contribution in [0.3, 0.4) is 0 Å². The summed E-state index contributed by atoms with van der Waals surface area (Å²) in [6, 6.07) is 18.7. The number of amides is 2. The van der Waals surface area contributed by atoms with Gasteiger partial charge in [-0.05, 0) is 36.8 Å². The summed E-state index contributed by atoms with van der Waals surface area (Å²) in [6.45, 7) is 11.8. The Morgan fingerprint density at radius 2 is 1.76 bits per heavy atom. The summed E-state index contributed by atoms with van der Waals surface area (Å²) in [6.07, 6.45) is 3.84. The lowest BCUT2D eigenvalue weighted by atomic mass is 10.1. The van der Waals surface area contributed by atoms with Gasteiger partial charge in [0.25, 0.3) is 0 Å². The zero-order chi connectivity index (χ0) is 23.9. The number of urea groups is 1. The fourth-order valence-electron chi connectivity index (χ4n) is 4.50. The molecule has 1 atom stereocenters. The lowest BCUT2D eigenvalue weighted by Crippen LogP contribution is -2.52. The Balaban J connectivity index is 1.23. The molecule has 1 saturated heterocycles. The SMILES string of the molecule is CC(C)c1nccn1Cc1cccc(NC(=O)NCC(C)N2CCN(c3ccccc3)CC2)c1. The van der Waals surface area contributed by atoms with Crippen LogP contribution in [0.1, 0.15) is 38.1 Å². The molecule has 0 bridgehead atoms. The standard InChI is InChI=1S/C27H36N6O/c1-21(2)26-28-12-13-33(26)20-23-8-7-9-24(18-23)30-27(34)29-19-22(3)31-14-16-32(17-15-31)25-10-5-4-6-11-25/h4-13,18,21-22H,14-17,19-20H2,1-3H3,(H2,29,30,34). The quantitative estimate of drug-likeness (QED) is 0.523. The first-order chi connectivity index (χ1) is 16.5. The van der Waals surface area contributed by atoms with E-state index in [0.717, 1.165) is 49.8 Å². The van der Waals surface area contributed by atoms with Crippen LogP contribution in [0, 0.1) is 0 Å². The summed E-state index contributed by atoms with van der Waals surface area (Å²) in [7, 11) is 0. The Morgan fingerprint density at radius 3 is 2.50 bits per heavy atom. The molecule has 180 valence electrons. The van der Waals surface area contributed by atoms with E-state index in [1.807, 2.05) is 30.6 Å². The van der Waals surface area contributed by atoms with Crippen molar-refractivity contribution < 1.29 is 4.79 Å². The highest BCUT2D eigenvalue weighted by Gasteiger charge is 2.21. The van der Waals surface area contributed by atoms with Gasteiger partial charge in [-0.25, -0.2) is 9.78 Å². The molecule has 7 nitrogen and oxygen atoms in total. The van der Waals surface area contributed by atoms with Gasteiger partial charge in [0.05, 0.1) is 0 Å². The molecular formula is C27H36N6O. The molecule has 1 aliphatic rings. The Hall–Kier alpha value is -3.32. The van der Waals surface area contributed by atoms with Gasteiger partial charge in [0.2, 0.25) is 0 Å². The molecule has 2 N–H and O–H groups in total. The summed E-state index contributed by atoms with van der Waals surface area (Å²) >= 11 is 0. The maximum atomic E-state index is 12.5. The van der Waals surface area contributed by atoms with Crippen LogP contribution < -0.4 is 15.5 Å². The first-order valence-electron chi connectivity index (χ1n) is 12.2. The number of piperazine rings is 1. The average molecular weight is 461 g/mol. The zero-order valence-corrected chi connectivity index (χ0v) is 20.4. The molecule has 34 heavy (non-hydrogen) atoms. The molecule has 2 aromatic carbocycles. The summed E-state index contributed by atoms with van der Waals surface area (Å²) in [5.74, 6) is 1.43. The highest BCUT2D eigenvalue weighted by molar-refractivity contribution is 5.89. The number of nitrogens with one attached hydrogen (secondary N) is 2. The number of aromatic nitrogens is 2. The number of imidazole rings is 1. The van der Waals surface area contributed by atoms with E-state index in [-0.39, 0.29) is 12.1 Å². The van der Waals surface area contributed by atoms with Crippen LogP contribution in [-0.4, -0.2) is 59.2 Å². The average Bonchev–Trinajstić information content (AvgIpc) is 3.32. The van der Waals surface area contributed by atoms with Crippen molar-refractivity contribution in [1.82, 2.24) is 19.8 Å². The van der Waals surface area contributed by atoms with Crippen molar-refractivity contribution in [3.63, 3.8) is 0 Å².